The van der Waals surface area contributed by atoms with Crippen molar-refractivity contribution in [2.24, 2.45) is 0 Å². The number of benzene rings is 1. The summed E-state index contributed by atoms with van der Waals surface area (Å²) in [4.78, 5) is 14.9. The fourth-order valence-electron chi connectivity index (χ4n) is 1.80. The number of pyridine rings is 1. The van der Waals surface area contributed by atoms with Crippen molar-refractivity contribution >= 4 is 23.2 Å². The molecule has 0 radical (unpaired) electrons. The number of hydrogen-bond donors (Lipinski definition) is 3. The molecule has 1 aliphatic heterocycles. The number of aromatic nitrogens is 1. The highest BCUT2D eigenvalue weighted by molar-refractivity contribution is 5.87. The van der Waals surface area contributed by atoms with E-state index in [1.54, 1.807) is 18.2 Å². The minimum atomic E-state index is -1.11. The number of carboxylic acids is 1. The summed E-state index contributed by atoms with van der Waals surface area (Å²) in [6.45, 7) is 0.188. The number of nitrogens with zero attached hydrogens (tertiary/aromatic N) is 1. The number of fused-ring (bicyclic) bond motifs is 1. The van der Waals surface area contributed by atoms with Gasteiger partial charge in [0.1, 0.15) is 0 Å². The van der Waals surface area contributed by atoms with Gasteiger partial charge in [0.05, 0.1) is 5.69 Å². The summed E-state index contributed by atoms with van der Waals surface area (Å²) in [6.07, 6.45) is 0. The Kier molecular flexibility index (Phi) is 2.79. The molecule has 1 aromatic carbocycles. The molecule has 0 spiro atoms. The van der Waals surface area contributed by atoms with Crippen LogP contribution in [0.4, 0.5) is 17.2 Å². The number of carbonyl (C=O) groups is 1. The molecule has 0 fully saturated rings. The molecule has 0 aliphatic carbocycles. The minimum absolute atomic E-state index is 0.0811. The SMILES string of the molecule is Nc1ccc(C(=O)O)nc1Nc1ccc2c(c1)OCO2. The third kappa shape index (κ3) is 2.16. The number of carboxylic acid groups (broad SMARTS) is 1. The van der Waals surface area contributed by atoms with E-state index in [2.05, 4.69) is 10.3 Å². The summed E-state index contributed by atoms with van der Waals surface area (Å²) in [5.41, 5.74) is 6.73. The number of nitrogen functional groups attached to an aromatic ring is 1. The second kappa shape index (κ2) is 4.61. The van der Waals surface area contributed by atoms with Gasteiger partial charge in [-0.2, -0.15) is 0 Å². The molecule has 0 saturated carbocycles. The summed E-state index contributed by atoms with van der Waals surface area (Å²) >= 11 is 0. The van der Waals surface area contributed by atoms with Crippen LogP contribution in [-0.4, -0.2) is 22.9 Å². The first kappa shape index (κ1) is 12.1. The molecular weight excluding hydrogens is 262 g/mol. The van der Waals surface area contributed by atoms with Gasteiger partial charge in [-0.25, -0.2) is 9.78 Å². The van der Waals surface area contributed by atoms with E-state index in [-0.39, 0.29) is 18.3 Å². The maximum atomic E-state index is 10.9. The van der Waals surface area contributed by atoms with Crippen LogP contribution >= 0.6 is 0 Å². The van der Waals surface area contributed by atoms with Crippen LogP contribution in [-0.2, 0) is 0 Å². The molecule has 0 atom stereocenters. The third-order valence-electron chi connectivity index (χ3n) is 2.78. The van der Waals surface area contributed by atoms with Crippen LogP contribution in [0.1, 0.15) is 10.5 Å². The standard InChI is InChI=1S/C13H11N3O4/c14-8-2-3-9(13(17)18)16-12(8)15-7-1-4-10-11(5-7)20-6-19-10/h1-5H,6,14H2,(H,15,16)(H,17,18). The lowest BCUT2D eigenvalue weighted by Crippen LogP contribution is -2.05. The number of nitrogens with two attached hydrogens (primary N) is 1. The fraction of sp³-hybridized carbons (Fsp3) is 0.0769. The molecule has 0 bridgehead atoms. The molecular formula is C13H11N3O4. The van der Waals surface area contributed by atoms with Gasteiger partial charge in [-0.1, -0.05) is 0 Å². The number of nitrogens with one attached hydrogen (secondary N) is 1. The van der Waals surface area contributed by atoms with Crippen LogP contribution in [0, 0.1) is 0 Å². The van der Waals surface area contributed by atoms with Gasteiger partial charge < -0.3 is 25.6 Å². The van der Waals surface area contributed by atoms with E-state index in [1.165, 1.54) is 12.1 Å². The van der Waals surface area contributed by atoms with Gasteiger partial charge in [-0.05, 0) is 24.3 Å². The van der Waals surface area contributed by atoms with Crippen molar-refractivity contribution in [3.8, 4) is 11.5 Å². The minimum Gasteiger partial charge on any atom is -0.477 e. The summed E-state index contributed by atoms with van der Waals surface area (Å²) in [5, 5.41) is 11.9. The van der Waals surface area contributed by atoms with Crippen LogP contribution in [0.2, 0.25) is 0 Å². The number of rotatable bonds is 3. The molecule has 0 saturated heterocycles. The van der Waals surface area contributed by atoms with Crippen molar-refractivity contribution in [3.63, 3.8) is 0 Å². The fourth-order valence-corrected chi connectivity index (χ4v) is 1.80. The average Bonchev–Trinajstić information content (AvgIpc) is 2.88. The molecule has 4 N–H and O–H groups in total. The maximum absolute atomic E-state index is 10.9. The first-order valence-corrected chi connectivity index (χ1v) is 5.80. The summed E-state index contributed by atoms with van der Waals surface area (Å²) in [6, 6.07) is 8.09. The van der Waals surface area contributed by atoms with Crippen LogP contribution < -0.4 is 20.5 Å². The zero-order chi connectivity index (χ0) is 14.1. The monoisotopic (exact) mass is 273 g/mol. The van der Waals surface area contributed by atoms with Crippen molar-refractivity contribution in [1.29, 1.82) is 0 Å². The van der Waals surface area contributed by atoms with E-state index in [0.29, 0.717) is 22.9 Å². The van der Waals surface area contributed by atoms with Crippen molar-refractivity contribution in [3.05, 3.63) is 36.0 Å². The molecule has 7 heteroatoms. The quantitative estimate of drug-likeness (QED) is 0.783. The van der Waals surface area contributed by atoms with Gasteiger partial charge in [-0.3, -0.25) is 0 Å². The first-order valence-electron chi connectivity index (χ1n) is 5.80. The Bertz CT molecular complexity index is 687. The lowest BCUT2D eigenvalue weighted by atomic mass is 10.2. The molecule has 2 aromatic rings. The second-order valence-electron chi connectivity index (χ2n) is 4.13. The van der Waals surface area contributed by atoms with E-state index in [1.807, 2.05) is 0 Å². The number of ether oxygens (including phenoxy) is 2. The molecule has 20 heavy (non-hydrogen) atoms. The lowest BCUT2D eigenvalue weighted by Gasteiger charge is -2.09. The normalized spacial score (nSPS) is 12.2. The largest absolute Gasteiger partial charge is 0.477 e. The van der Waals surface area contributed by atoms with Crippen molar-refractivity contribution in [2.75, 3.05) is 17.8 Å². The van der Waals surface area contributed by atoms with Crippen LogP contribution in [0.15, 0.2) is 30.3 Å². The molecule has 7 nitrogen and oxygen atoms in total. The zero-order valence-corrected chi connectivity index (χ0v) is 10.3. The highest BCUT2D eigenvalue weighted by Gasteiger charge is 2.14. The Balaban J connectivity index is 1.91. The van der Waals surface area contributed by atoms with E-state index >= 15 is 0 Å². The van der Waals surface area contributed by atoms with Gasteiger partial charge in [0.15, 0.2) is 23.0 Å². The number of aromatic carboxylic acids is 1. The molecule has 1 aromatic heterocycles. The average molecular weight is 273 g/mol. The molecule has 102 valence electrons. The Morgan fingerprint density at radius 1 is 1.25 bits per heavy atom. The summed E-state index contributed by atoms with van der Waals surface area (Å²) in [5.74, 6) is 0.446. The van der Waals surface area contributed by atoms with Crippen molar-refractivity contribution < 1.29 is 19.4 Å². The Labute approximate surface area is 114 Å². The van der Waals surface area contributed by atoms with Gasteiger partial charge in [-0.15, -0.1) is 0 Å². The van der Waals surface area contributed by atoms with Gasteiger partial charge in [0.2, 0.25) is 6.79 Å². The second-order valence-corrected chi connectivity index (χ2v) is 4.13. The smallest absolute Gasteiger partial charge is 0.354 e. The molecule has 3 rings (SSSR count). The maximum Gasteiger partial charge on any atom is 0.354 e. The van der Waals surface area contributed by atoms with Gasteiger partial charge >= 0.3 is 5.97 Å². The number of anilines is 3. The number of hydrogen-bond acceptors (Lipinski definition) is 6. The molecule has 0 amide bonds. The predicted octanol–water partition coefficient (Wildman–Crippen LogP) is 1.83. The summed E-state index contributed by atoms with van der Waals surface area (Å²) in [7, 11) is 0. The predicted molar refractivity (Wildman–Crippen MR) is 71.5 cm³/mol. The van der Waals surface area contributed by atoms with Crippen LogP contribution in [0.3, 0.4) is 0 Å². The Morgan fingerprint density at radius 2 is 2.05 bits per heavy atom. The van der Waals surface area contributed by atoms with Crippen LogP contribution in [0.25, 0.3) is 0 Å². The zero-order valence-electron chi connectivity index (χ0n) is 10.3. The van der Waals surface area contributed by atoms with Gasteiger partial charge in [0.25, 0.3) is 0 Å². The Hall–Kier alpha value is -2.96. The molecule has 0 unspecified atom stereocenters. The molecule has 2 heterocycles. The highest BCUT2D eigenvalue weighted by atomic mass is 16.7. The topological polar surface area (TPSA) is 107 Å². The first-order chi connectivity index (χ1) is 9.63. The van der Waals surface area contributed by atoms with E-state index in [0.717, 1.165) is 0 Å². The molecule has 1 aliphatic rings. The summed E-state index contributed by atoms with van der Waals surface area (Å²) < 4.78 is 10.5. The Morgan fingerprint density at radius 3 is 2.85 bits per heavy atom. The third-order valence-corrected chi connectivity index (χ3v) is 2.78. The van der Waals surface area contributed by atoms with E-state index < -0.39 is 5.97 Å². The van der Waals surface area contributed by atoms with Crippen molar-refractivity contribution in [1.82, 2.24) is 4.98 Å². The van der Waals surface area contributed by atoms with E-state index in [9.17, 15) is 4.79 Å². The van der Waals surface area contributed by atoms with E-state index in [4.69, 9.17) is 20.3 Å². The van der Waals surface area contributed by atoms with Crippen molar-refractivity contribution in [2.45, 2.75) is 0 Å². The lowest BCUT2D eigenvalue weighted by molar-refractivity contribution is 0.0690. The highest BCUT2D eigenvalue weighted by Crippen LogP contribution is 2.35. The van der Waals surface area contributed by atoms with Crippen LogP contribution in [0.5, 0.6) is 11.5 Å². The van der Waals surface area contributed by atoms with Gasteiger partial charge in [0, 0.05) is 11.8 Å².